The summed E-state index contributed by atoms with van der Waals surface area (Å²) in [5, 5.41) is 5.43. The van der Waals surface area contributed by atoms with E-state index < -0.39 is 35.3 Å². The van der Waals surface area contributed by atoms with Crippen molar-refractivity contribution in [1.82, 2.24) is 15.1 Å². The summed E-state index contributed by atoms with van der Waals surface area (Å²) in [6.45, 7) is 0.0448. The molecule has 23 heavy (non-hydrogen) atoms. The van der Waals surface area contributed by atoms with Crippen LogP contribution in [-0.2, 0) is 11.3 Å². The number of amides is 1. The molecule has 0 saturated heterocycles. The molecule has 0 radical (unpaired) electrons. The van der Waals surface area contributed by atoms with Gasteiger partial charge in [-0.2, -0.15) is 18.3 Å². The van der Waals surface area contributed by atoms with Crippen molar-refractivity contribution in [2.45, 2.75) is 25.2 Å². The average molecular weight is 333 g/mol. The fraction of sp³-hybridized carbons (Fsp3) is 0.286. The van der Waals surface area contributed by atoms with Gasteiger partial charge in [-0.15, -0.1) is 0 Å². The Balaban J connectivity index is 2.15. The minimum Gasteiger partial charge on any atom is -0.341 e. The molecule has 1 unspecified atom stereocenters. The summed E-state index contributed by atoms with van der Waals surface area (Å²) < 4.78 is 67.7. The van der Waals surface area contributed by atoms with Gasteiger partial charge in [0.25, 0.3) is 0 Å². The zero-order valence-corrected chi connectivity index (χ0v) is 11.6. The van der Waals surface area contributed by atoms with Crippen LogP contribution in [0.4, 0.5) is 22.0 Å². The van der Waals surface area contributed by atoms with Crippen molar-refractivity contribution in [3.8, 4) is 0 Å². The van der Waals surface area contributed by atoms with Crippen LogP contribution in [0.15, 0.2) is 36.7 Å². The van der Waals surface area contributed by atoms with Crippen molar-refractivity contribution < 1.29 is 26.7 Å². The number of alkyl halides is 3. The average Bonchev–Trinajstić information content (AvgIpc) is 2.96. The molecule has 0 saturated carbocycles. The number of halogens is 5. The van der Waals surface area contributed by atoms with Crippen LogP contribution in [-0.4, -0.2) is 21.9 Å². The lowest BCUT2D eigenvalue weighted by atomic mass is 10.0. The molecule has 1 heterocycles. The van der Waals surface area contributed by atoms with E-state index in [2.05, 4.69) is 5.10 Å². The number of carbonyl (C=O) groups excluding carboxylic acids is 1. The van der Waals surface area contributed by atoms with Gasteiger partial charge >= 0.3 is 6.18 Å². The minimum absolute atomic E-state index is 0.0448. The molecule has 1 amide bonds. The first-order valence-electron chi connectivity index (χ1n) is 6.56. The third-order valence-corrected chi connectivity index (χ3v) is 3.05. The first-order valence-corrected chi connectivity index (χ1v) is 6.56. The predicted octanol–water partition coefficient (Wildman–Crippen LogP) is 2.97. The van der Waals surface area contributed by atoms with E-state index in [1.54, 1.807) is 11.4 Å². The third-order valence-electron chi connectivity index (χ3n) is 3.05. The van der Waals surface area contributed by atoms with Crippen LogP contribution < -0.4 is 5.32 Å². The summed E-state index contributed by atoms with van der Waals surface area (Å²) in [4.78, 5) is 11.7. The van der Waals surface area contributed by atoms with Crippen molar-refractivity contribution in [2.75, 3.05) is 0 Å². The van der Waals surface area contributed by atoms with Gasteiger partial charge in [-0.1, -0.05) is 6.07 Å². The van der Waals surface area contributed by atoms with Gasteiger partial charge in [-0.3, -0.25) is 9.48 Å². The smallest absolute Gasteiger partial charge is 0.341 e. The molecule has 1 aromatic carbocycles. The highest BCUT2D eigenvalue weighted by Gasteiger charge is 2.44. The molecule has 0 aliphatic rings. The molecule has 0 fully saturated rings. The second kappa shape index (κ2) is 6.76. The number of hydrogen-bond acceptors (Lipinski definition) is 2. The Hall–Kier alpha value is -2.45. The molecule has 0 aliphatic carbocycles. The van der Waals surface area contributed by atoms with E-state index in [1.165, 1.54) is 17.1 Å². The molecule has 1 N–H and O–H groups in total. The molecule has 0 bridgehead atoms. The lowest BCUT2D eigenvalue weighted by molar-refractivity contribution is -0.164. The number of aryl methyl sites for hydroxylation is 1. The fourth-order valence-corrected chi connectivity index (χ4v) is 1.99. The summed E-state index contributed by atoms with van der Waals surface area (Å²) in [6.07, 6.45) is -2.37. The van der Waals surface area contributed by atoms with Crippen molar-refractivity contribution in [1.29, 1.82) is 0 Å². The summed E-state index contributed by atoms with van der Waals surface area (Å²) in [5.41, 5.74) is -1.23. The number of hydrogen-bond donors (Lipinski definition) is 1. The standard InChI is InChI=1S/C14H12F5N3O/c15-9-3-1-4-10(16)12(9)13(14(17,18)19)21-11(23)5-8-22-7-2-6-20-22/h1-4,6-7,13H,5,8H2,(H,21,23). The fourth-order valence-electron chi connectivity index (χ4n) is 1.99. The van der Waals surface area contributed by atoms with Gasteiger partial charge < -0.3 is 5.32 Å². The van der Waals surface area contributed by atoms with Crippen LogP contribution in [0, 0.1) is 11.6 Å². The maximum Gasteiger partial charge on any atom is 0.413 e. The monoisotopic (exact) mass is 333 g/mol. The van der Waals surface area contributed by atoms with Crippen molar-refractivity contribution >= 4 is 5.91 Å². The lowest BCUT2D eigenvalue weighted by Gasteiger charge is -2.23. The summed E-state index contributed by atoms with van der Waals surface area (Å²) in [6, 6.07) is 1.18. The SMILES string of the molecule is O=C(CCn1cccn1)NC(c1c(F)cccc1F)C(F)(F)F. The number of nitrogens with one attached hydrogen (secondary N) is 1. The Morgan fingerprint density at radius 2 is 1.87 bits per heavy atom. The number of rotatable bonds is 5. The molecular formula is C14H12F5N3O. The first-order chi connectivity index (χ1) is 10.8. The Morgan fingerprint density at radius 1 is 1.22 bits per heavy atom. The van der Waals surface area contributed by atoms with Gasteiger partial charge in [-0.25, -0.2) is 8.78 Å². The van der Waals surface area contributed by atoms with E-state index in [0.717, 1.165) is 6.07 Å². The molecule has 1 atom stereocenters. The van der Waals surface area contributed by atoms with Crippen molar-refractivity contribution in [3.05, 3.63) is 53.9 Å². The zero-order valence-electron chi connectivity index (χ0n) is 11.6. The zero-order chi connectivity index (χ0) is 17.0. The van der Waals surface area contributed by atoms with Crippen LogP contribution in [0.1, 0.15) is 18.0 Å². The van der Waals surface area contributed by atoms with E-state index in [0.29, 0.717) is 12.1 Å². The second-order valence-electron chi connectivity index (χ2n) is 4.70. The van der Waals surface area contributed by atoms with E-state index in [-0.39, 0.29) is 13.0 Å². The van der Waals surface area contributed by atoms with E-state index in [4.69, 9.17) is 0 Å². The van der Waals surface area contributed by atoms with Crippen LogP contribution in [0.5, 0.6) is 0 Å². The highest BCUT2D eigenvalue weighted by Crippen LogP contribution is 2.35. The third kappa shape index (κ3) is 4.27. The van der Waals surface area contributed by atoms with Gasteiger partial charge in [0.1, 0.15) is 11.6 Å². The normalized spacial score (nSPS) is 12.9. The molecule has 0 spiro atoms. The van der Waals surface area contributed by atoms with E-state index in [9.17, 15) is 26.7 Å². The summed E-state index contributed by atoms with van der Waals surface area (Å²) in [7, 11) is 0. The van der Waals surface area contributed by atoms with Gasteiger partial charge in [-0.05, 0) is 18.2 Å². The molecule has 9 heteroatoms. The summed E-state index contributed by atoms with van der Waals surface area (Å²) in [5.74, 6) is -3.75. The Bertz CT molecular complexity index is 649. The first kappa shape index (κ1) is 16.9. The Labute approximate surface area is 127 Å². The van der Waals surface area contributed by atoms with Crippen LogP contribution in [0.3, 0.4) is 0 Å². The maximum absolute atomic E-state index is 13.6. The molecular weight excluding hydrogens is 321 g/mol. The van der Waals surface area contributed by atoms with E-state index in [1.807, 2.05) is 0 Å². The van der Waals surface area contributed by atoms with Crippen molar-refractivity contribution in [2.24, 2.45) is 0 Å². The lowest BCUT2D eigenvalue weighted by Crippen LogP contribution is -2.39. The topological polar surface area (TPSA) is 46.9 Å². The Kier molecular flexibility index (Phi) is 4.97. The molecule has 2 rings (SSSR count). The molecule has 1 aromatic heterocycles. The summed E-state index contributed by atoms with van der Waals surface area (Å²) >= 11 is 0. The number of benzene rings is 1. The highest BCUT2D eigenvalue weighted by molar-refractivity contribution is 5.76. The van der Waals surface area contributed by atoms with Crippen LogP contribution >= 0.6 is 0 Å². The number of aromatic nitrogens is 2. The van der Waals surface area contributed by atoms with Gasteiger partial charge in [0, 0.05) is 25.4 Å². The molecule has 4 nitrogen and oxygen atoms in total. The quantitative estimate of drug-likeness (QED) is 0.855. The maximum atomic E-state index is 13.6. The number of nitrogens with zero attached hydrogens (tertiary/aromatic N) is 2. The minimum atomic E-state index is -5.04. The van der Waals surface area contributed by atoms with Gasteiger partial charge in [0.2, 0.25) is 5.91 Å². The largest absolute Gasteiger partial charge is 0.413 e. The molecule has 124 valence electrons. The Morgan fingerprint density at radius 3 is 2.39 bits per heavy atom. The predicted molar refractivity (Wildman–Crippen MR) is 70.1 cm³/mol. The van der Waals surface area contributed by atoms with Crippen molar-refractivity contribution in [3.63, 3.8) is 0 Å². The van der Waals surface area contributed by atoms with Gasteiger partial charge in [0.05, 0.1) is 5.56 Å². The second-order valence-corrected chi connectivity index (χ2v) is 4.70. The molecule has 0 aliphatic heterocycles. The van der Waals surface area contributed by atoms with Crippen LogP contribution in [0.2, 0.25) is 0 Å². The van der Waals surface area contributed by atoms with E-state index >= 15 is 0 Å². The highest BCUT2D eigenvalue weighted by atomic mass is 19.4. The van der Waals surface area contributed by atoms with Gasteiger partial charge in [0.15, 0.2) is 6.04 Å². The molecule has 2 aromatic rings. The number of carbonyl (C=O) groups is 1. The van der Waals surface area contributed by atoms with Crippen LogP contribution in [0.25, 0.3) is 0 Å².